The minimum atomic E-state index is 0.0472. The van der Waals surface area contributed by atoms with Gasteiger partial charge >= 0.3 is 0 Å². The summed E-state index contributed by atoms with van der Waals surface area (Å²) >= 11 is 0. The number of nitriles is 2. The zero-order valence-electron chi connectivity index (χ0n) is 14.7. The minimum absolute atomic E-state index is 0.0472. The monoisotopic (exact) mass is 362 g/mol. The number of allylic oxidation sites excluding steroid dienone is 1. The topological polar surface area (TPSA) is 96.5 Å². The molecule has 2 N–H and O–H groups in total. The minimum Gasteiger partial charge on any atom is -0.507 e. The number of benzene rings is 3. The second kappa shape index (κ2) is 7.11. The van der Waals surface area contributed by atoms with Crippen LogP contribution in [0.3, 0.4) is 0 Å². The van der Waals surface area contributed by atoms with E-state index in [0.717, 1.165) is 22.2 Å². The first-order valence-electron chi connectivity index (χ1n) is 8.59. The molecule has 0 aliphatic rings. The number of nitrogens with zero attached hydrogens (tertiary/aromatic N) is 3. The Balaban J connectivity index is 1.89. The van der Waals surface area contributed by atoms with Crippen LogP contribution in [0.2, 0.25) is 0 Å². The number of H-pyrrole nitrogens is 1. The summed E-state index contributed by atoms with van der Waals surface area (Å²) in [7, 11) is 0. The van der Waals surface area contributed by atoms with Gasteiger partial charge in [-0.05, 0) is 35.4 Å². The van der Waals surface area contributed by atoms with Crippen molar-refractivity contribution in [1.29, 1.82) is 10.5 Å². The van der Waals surface area contributed by atoms with Gasteiger partial charge in [-0.2, -0.15) is 10.5 Å². The fourth-order valence-electron chi connectivity index (χ4n) is 3.16. The van der Waals surface area contributed by atoms with Crippen molar-refractivity contribution in [3.05, 3.63) is 89.5 Å². The van der Waals surface area contributed by atoms with Crippen LogP contribution < -0.4 is 0 Å². The van der Waals surface area contributed by atoms with Crippen LogP contribution in [-0.2, 0) is 0 Å². The highest BCUT2D eigenvalue weighted by Crippen LogP contribution is 2.31. The van der Waals surface area contributed by atoms with E-state index in [4.69, 9.17) is 0 Å². The first kappa shape index (κ1) is 17.1. The fraction of sp³-hybridized carbons (Fsp3) is 0. The number of hydrogen-bond acceptors (Lipinski definition) is 4. The third kappa shape index (κ3) is 2.98. The summed E-state index contributed by atoms with van der Waals surface area (Å²) in [6, 6.07) is 25.9. The molecule has 132 valence electrons. The van der Waals surface area contributed by atoms with Gasteiger partial charge in [-0.3, -0.25) is 0 Å². The van der Waals surface area contributed by atoms with Gasteiger partial charge in [0.15, 0.2) is 0 Å². The van der Waals surface area contributed by atoms with Gasteiger partial charge in [0.25, 0.3) is 0 Å². The van der Waals surface area contributed by atoms with Crippen LogP contribution in [0.15, 0.2) is 78.4 Å². The number of imidazole rings is 1. The maximum Gasteiger partial charge on any atom is 0.142 e. The molecule has 1 heterocycles. The Morgan fingerprint density at radius 2 is 1.57 bits per heavy atom. The molecule has 0 saturated heterocycles. The molecule has 0 unspecified atom stereocenters. The van der Waals surface area contributed by atoms with Crippen molar-refractivity contribution in [3.63, 3.8) is 0 Å². The number of rotatable bonds is 3. The van der Waals surface area contributed by atoms with E-state index in [2.05, 4.69) is 9.97 Å². The van der Waals surface area contributed by atoms with E-state index in [1.165, 1.54) is 0 Å². The quantitative estimate of drug-likeness (QED) is 0.512. The van der Waals surface area contributed by atoms with Gasteiger partial charge in [0.2, 0.25) is 0 Å². The van der Waals surface area contributed by atoms with Gasteiger partial charge in [0.1, 0.15) is 29.3 Å². The smallest absolute Gasteiger partial charge is 0.142 e. The van der Waals surface area contributed by atoms with E-state index in [-0.39, 0.29) is 11.3 Å². The molecule has 0 atom stereocenters. The first-order valence-corrected chi connectivity index (χ1v) is 8.59. The van der Waals surface area contributed by atoms with E-state index in [1.54, 1.807) is 18.2 Å². The molecule has 0 amide bonds. The van der Waals surface area contributed by atoms with Crippen LogP contribution >= 0.6 is 0 Å². The number of nitrogens with one attached hydrogen (secondary N) is 1. The lowest BCUT2D eigenvalue weighted by Gasteiger charge is -2.08. The van der Waals surface area contributed by atoms with E-state index in [9.17, 15) is 15.6 Å². The van der Waals surface area contributed by atoms with Crippen molar-refractivity contribution in [1.82, 2.24) is 9.97 Å². The van der Waals surface area contributed by atoms with Crippen LogP contribution in [0.5, 0.6) is 5.75 Å². The Labute approximate surface area is 161 Å². The Morgan fingerprint density at radius 3 is 2.29 bits per heavy atom. The molecule has 5 nitrogen and oxygen atoms in total. The average Bonchev–Trinajstić information content (AvgIpc) is 3.16. The molecule has 5 heteroatoms. The highest BCUT2D eigenvalue weighted by atomic mass is 16.3. The van der Waals surface area contributed by atoms with Crippen LogP contribution in [0.4, 0.5) is 0 Å². The Kier molecular flexibility index (Phi) is 4.34. The summed E-state index contributed by atoms with van der Waals surface area (Å²) in [4.78, 5) is 7.76. The zero-order chi connectivity index (χ0) is 19.5. The third-order valence-corrected chi connectivity index (χ3v) is 4.47. The first-order chi connectivity index (χ1) is 13.7. The maximum absolute atomic E-state index is 10.1. The number of fused-ring (bicyclic) bond motifs is 1. The number of phenols is 1. The molecule has 0 fully saturated rings. The predicted octanol–water partition coefficient (Wildman–Crippen LogP) is 4.78. The predicted molar refractivity (Wildman–Crippen MR) is 107 cm³/mol. The van der Waals surface area contributed by atoms with Gasteiger partial charge in [-0.25, -0.2) is 4.98 Å². The molecule has 28 heavy (non-hydrogen) atoms. The molecular weight excluding hydrogens is 348 g/mol. The lowest BCUT2D eigenvalue weighted by atomic mass is 9.93. The van der Waals surface area contributed by atoms with Crippen molar-refractivity contribution in [2.24, 2.45) is 0 Å². The largest absolute Gasteiger partial charge is 0.507 e. The van der Waals surface area contributed by atoms with Gasteiger partial charge in [0.05, 0.1) is 16.6 Å². The molecule has 0 saturated carbocycles. The third-order valence-electron chi connectivity index (χ3n) is 4.47. The van der Waals surface area contributed by atoms with E-state index in [1.807, 2.05) is 66.7 Å². The van der Waals surface area contributed by atoms with Gasteiger partial charge in [0, 0.05) is 5.57 Å². The molecule has 1 aromatic heterocycles. The number of phenolic OH excluding ortho intramolecular Hbond substituents is 1. The van der Waals surface area contributed by atoms with E-state index < -0.39 is 0 Å². The van der Waals surface area contributed by atoms with E-state index in [0.29, 0.717) is 17.0 Å². The second-order valence-electron chi connectivity index (χ2n) is 6.17. The summed E-state index contributed by atoms with van der Waals surface area (Å²) in [5.41, 5.74) is 4.24. The van der Waals surface area contributed by atoms with Crippen molar-refractivity contribution < 1.29 is 5.11 Å². The van der Waals surface area contributed by atoms with Crippen molar-refractivity contribution in [2.75, 3.05) is 0 Å². The fourth-order valence-corrected chi connectivity index (χ4v) is 3.16. The number of aromatic nitrogens is 2. The summed E-state index contributed by atoms with van der Waals surface area (Å²) in [5.74, 6) is 0.694. The van der Waals surface area contributed by atoms with Crippen LogP contribution in [0.25, 0.3) is 28.0 Å². The molecule has 4 rings (SSSR count). The second-order valence-corrected chi connectivity index (χ2v) is 6.17. The average molecular weight is 362 g/mol. The number of hydrogen-bond donors (Lipinski definition) is 2. The summed E-state index contributed by atoms with van der Waals surface area (Å²) in [6.07, 6.45) is 0. The summed E-state index contributed by atoms with van der Waals surface area (Å²) in [5, 5.41) is 29.0. The lowest BCUT2D eigenvalue weighted by molar-refractivity contribution is 0.477. The normalized spacial score (nSPS) is 10.2. The highest BCUT2D eigenvalue weighted by molar-refractivity contribution is 5.91. The maximum atomic E-state index is 10.1. The standard InChI is InChI=1S/C23H14N4O/c24-13-17(14-25)22(15-6-2-1-3-7-15)16-10-11-19-20(12-16)27-23(26-19)18-8-4-5-9-21(18)28/h1-12,28H,(H,26,27). The van der Waals surface area contributed by atoms with Crippen molar-refractivity contribution >= 4 is 16.6 Å². The summed E-state index contributed by atoms with van der Waals surface area (Å²) < 4.78 is 0. The van der Waals surface area contributed by atoms with Crippen LogP contribution in [0, 0.1) is 22.7 Å². The van der Waals surface area contributed by atoms with Gasteiger partial charge < -0.3 is 10.1 Å². The molecule has 0 bridgehead atoms. The Hall–Kier alpha value is -4.35. The molecule has 0 aliphatic carbocycles. The molecule has 4 aromatic rings. The van der Waals surface area contributed by atoms with Crippen LogP contribution in [-0.4, -0.2) is 15.1 Å². The van der Waals surface area contributed by atoms with Crippen LogP contribution in [0.1, 0.15) is 11.1 Å². The number of para-hydroxylation sites is 1. The van der Waals surface area contributed by atoms with Crippen molar-refractivity contribution in [2.45, 2.75) is 0 Å². The Bertz CT molecular complexity index is 1270. The Morgan fingerprint density at radius 1 is 0.857 bits per heavy atom. The van der Waals surface area contributed by atoms with Gasteiger partial charge in [-0.15, -0.1) is 0 Å². The summed E-state index contributed by atoms with van der Waals surface area (Å²) in [6.45, 7) is 0. The van der Waals surface area contributed by atoms with Crippen molar-refractivity contribution in [3.8, 4) is 29.3 Å². The van der Waals surface area contributed by atoms with E-state index >= 15 is 0 Å². The SMILES string of the molecule is N#CC(C#N)=C(c1ccccc1)c1ccc2nc(-c3ccccc3O)[nH]c2c1. The number of aromatic amines is 1. The number of aromatic hydroxyl groups is 1. The van der Waals surface area contributed by atoms with Gasteiger partial charge in [-0.1, -0.05) is 48.5 Å². The molecule has 0 radical (unpaired) electrons. The molecule has 0 aliphatic heterocycles. The lowest BCUT2D eigenvalue weighted by Crippen LogP contribution is -1.92. The molecule has 3 aromatic carbocycles. The molecule has 0 spiro atoms. The molecular formula is C23H14N4O. The zero-order valence-corrected chi connectivity index (χ0v) is 14.7. The highest BCUT2D eigenvalue weighted by Gasteiger charge is 2.14.